The van der Waals surface area contributed by atoms with Crippen LogP contribution in [0.3, 0.4) is 0 Å². The Kier molecular flexibility index (Phi) is 5.17. The maximum Gasteiger partial charge on any atom is 0.262 e. The molecule has 0 radical (unpaired) electrons. The fourth-order valence-electron chi connectivity index (χ4n) is 3.56. The van der Waals surface area contributed by atoms with Crippen LogP contribution in [0.15, 0.2) is 68.6 Å². The number of benzene rings is 2. The molecule has 4 aromatic rings. The van der Waals surface area contributed by atoms with Gasteiger partial charge >= 0.3 is 0 Å². The summed E-state index contributed by atoms with van der Waals surface area (Å²) in [5, 5.41) is 3.92. The van der Waals surface area contributed by atoms with Gasteiger partial charge in [0.1, 0.15) is 0 Å². The van der Waals surface area contributed by atoms with Crippen molar-refractivity contribution in [2.24, 2.45) is 0 Å². The first-order valence-corrected chi connectivity index (χ1v) is 10.9. The van der Waals surface area contributed by atoms with Crippen molar-refractivity contribution in [1.82, 2.24) is 10.1 Å². The standard InChI is InChI=1S/C22H21N3O4S/c1-14-11-15(2)21(16(3)12-14)30(26,27)25-18-8-5-4-7-17(18)13-20-23-22(24-29-20)19-9-6-10-28-19/h4-12,25H,13H2,1-3H3. The SMILES string of the molecule is Cc1cc(C)c(S(=O)(=O)Nc2ccccc2Cc2nc(-c3ccco3)no2)c(C)c1. The van der Waals surface area contributed by atoms with Crippen molar-refractivity contribution in [3.05, 3.63) is 82.9 Å². The molecule has 0 spiro atoms. The Labute approximate surface area is 174 Å². The Morgan fingerprint density at radius 2 is 1.73 bits per heavy atom. The average Bonchev–Trinajstić information content (AvgIpc) is 3.33. The molecule has 2 aromatic carbocycles. The average molecular weight is 423 g/mol. The predicted octanol–water partition coefficient (Wildman–Crippen LogP) is 4.65. The molecule has 0 aliphatic rings. The number of nitrogens with one attached hydrogen (secondary N) is 1. The lowest BCUT2D eigenvalue weighted by Gasteiger charge is -2.15. The Balaban J connectivity index is 1.63. The molecular formula is C22H21N3O4S. The third-order valence-corrected chi connectivity index (χ3v) is 6.36. The zero-order chi connectivity index (χ0) is 21.3. The van der Waals surface area contributed by atoms with Crippen molar-refractivity contribution < 1.29 is 17.4 Å². The van der Waals surface area contributed by atoms with Crippen molar-refractivity contribution in [1.29, 1.82) is 0 Å². The number of hydrogen-bond donors (Lipinski definition) is 1. The number of aryl methyl sites for hydroxylation is 3. The lowest BCUT2D eigenvalue weighted by molar-refractivity contribution is 0.384. The highest BCUT2D eigenvalue weighted by atomic mass is 32.2. The van der Waals surface area contributed by atoms with Crippen LogP contribution < -0.4 is 4.72 Å². The van der Waals surface area contributed by atoms with Gasteiger partial charge in [-0.2, -0.15) is 4.98 Å². The molecule has 0 unspecified atom stereocenters. The third kappa shape index (κ3) is 3.99. The molecule has 2 aromatic heterocycles. The van der Waals surface area contributed by atoms with Crippen LogP contribution in [0.1, 0.15) is 28.1 Å². The highest BCUT2D eigenvalue weighted by Gasteiger charge is 2.22. The van der Waals surface area contributed by atoms with Crippen LogP contribution in [0.5, 0.6) is 0 Å². The van der Waals surface area contributed by atoms with Crippen LogP contribution >= 0.6 is 0 Å². The van der Waals surface area contributed by atoms with Crippen LogP contribution in [-0.4, -0.2) is 18.6 Å². The van der Waals surface area contributed by atoms with E-state index in [0.29, 0.717) is 39.2 Å². The normalized spacial score (nSPS) is 11.6. The number of sulfonamides is 1. The first-order valence-electron chi connectivity index (χ1n) is 9.38. The van der Waals surface area contributed by atoms with Gasteiger partial charge in [0.25, 0.3) is 10.0 Å². The molecule has 0 aliphatic carbocycles. The molecule has 154 valence electrons. The largest absolute Gasteiger partial charge is 0.461 e. The van der Waals surface area contributed by atoms with Crippen LogP contribution in [-0.2, 0) is 16.4 Å². The van der Waals surface area contributed by atoms with Gasteiger partial charge in [0.05, 0.1) is 23.3 Å². The molecule has 8 heteroatoms. The first-order chi connectivity index (χ1) is 14.3. The van der Waals surface area contributed by atoms with E-state index in [-0.39, 0.29) is 6.42 Å². The van der Waals surface area contributed by atoms with Crippen molar-refractivity contribution in [3.8, 4) is 11.6 Å². The van der Waals surface area contributed by atoms with Gasteiger partial charge in [0, 0.05) is 0 Å². The van der Waals surface area contributed by atoms with E-state index in [1.165, 1.54) is 6.26 Å². The van der Waals surface area contributed by atoms with Crippen molar-refractivity contribution in [3.63, 3.8) is 0 Å². The van der Waals surface area contributed by atoms with Crippen molar-refractivity contribution >= 4 is 15.7 Å². The zero-order valence-electron chi connectivity index (χ0n) is 16.8. The summed E-state index contributed by atoms with van der Waals surface area (Å²) in [7, 11) is -3.77. The fourth-order valence-corrected chi connectivity index (χ4v) is 5.11. The van der Waals surface area contributed by atoms with Gasteiger partial charge < -0.3 is 8.94 Å². The molecule has 0 aliphatic heterocycles. The zero-order valence-corrected chi connectivity index (χ0v) is 17.7. The lowest BCUT2D eigenvalue weighted by atomic mass is 10.1. The van der Waals surface area contributed by atoms with Crippen molar-refractivity contribution in [2.75, 3.05) is 4.72 Å². The van der Waals surface area contributed by atoms with Crippen molar-refractivity contribution in [2.45, 2.75) is 32.1 Å². The summed E-state index contributed by atoms with van der Waals surface area (Å²) in [6.07, 6.45) is 1.81. The molecule has 1 N–H and O–H groups in total. The molecule has 7 nitrogen and oxygen atoms in total. The maximum atomic E-state index is 13.1. The van der Waals surface area contributed by atoms with E-state index in [1.807, 2.05) is 31.2 Å². The molecule has 30 heavy (non-hydrogen) atoms. The maximum absolute atomic E-state index is 13.1. The van der Waals surface area contributed by atoms with Crippen LogP contribution in [0.2, 0.25) is 0 Å². The third-order valence-electron chi connectivity index (χ3n) is 4.69. The number of aromatic nitrogens is 2. The van der Waals surface area contributed by atoms with E-state index in [1.54, 1.807) is 38.1 Å². The fraction of sp³-hybridized carbons (Fsp3) is 0.182. The van der Waals surface area contributed by atoms with Crippen LogP contribution in [0.25, 0.3) is 11.6 Å². The highest BCUT2D eigenvalue weighted by molar-refractivity contribution is 7.92. The summed E-state index contributed by atoms with van der Waals surface area (Å²) < 4.78 is 39.6. The molecule has 0 bridgehead atoms. The second-order valence-corrected chi connectivity index (χ2v) is 8.78. The monoisotopic (exact) mass is 423 g/mol. The number of rotatable bonds is 6. The summed E-state index contributed by atoms with van der Waals surface area (Å²) in [6, 6.07) is 14.4. The Morgan fingerprint density at radius 3 is 2.43 bits per heavy atom. The second kappa shape index (κ2) is 7.79. The van der Waals surface area contributed by atoms with Gasteiger partial charge in [-0.05, 0) is 55.7 Å². The van der Waals surface area contributed by atoms with Gasteiger partial charge in [-0.1, -0.05) is 41.1 Å². The van der Waals surface area contributed by atoms with Gasteiger partial charge in [-0.25, -0.2) is 8.42 Å². The van der Waals surface area contributed by atoms with Gasteiger partial charge in [-0.15, -0.1) is 0 Å². The molecule has 2 heterocycles. The first kappa shape index (κ1) is 19.9. The van der Waals surface area contributed by atoms with E-state index in [2.05, 4.69) is 14.9 Å². The Hall–Kier alpha value is -3.39. The van der Waals surface area contributed by atoms with Crippen LogP contribution in [0, 0.1) is 20.8 Å². The number of nitrogens with zero attached hydrogens (tertiary/aromatic N) is 2. The number of furan rings is 1. The molecule has 0 amide bonds. The quantitative estimate of drug-likeness (QED) is 0.485. The minimum Gasteiger partial charge on any atom is -0.461 e. The number of hydrogen-bond acceptors (Lipinski definition) is 6. The van der Waals surface area contributed by atoms with E-state index in [4.69, 9.17) is 8.94 Å². The van der Waals surface area contributed by atoms with E-state index in [9.17, 15) is 8.42 Å². The molecular weight excluding hydrogens is 402 g/mol. The van der Waals surface area contributed by atoms with Crippen LogP contribution in [0.4, 0.5) is 5.69 Å². The van der Waals surface area contributed by atoms with Gasteiger partial charge in [-0.3, -0.25) is 4.72 Å². The van der Waals surface area contributed by atoms with E-state index >= 15 is 0 Å². The van der Waals surface area contributed by atoms with Gasteiger partial charge in [0.2, 0.25) is 11.7 Å². The molecule has 0 atom stereocenters. The molecule has 0 saturated heterocycles. The number of anilines is 1. The lowest BCUT2D eigenvalue weighted by Crippen LogP contribution is -2.17. The molecule has 4 rings (SSSR count). The van der Waals surface area contributed by atoms with Gasteiger partial charge in [0.15, 0.2) is 5.76 Å². The summed E-state index contributed by atoms with van der Waals surface area (Å²) in [4.78, 5) is 4.63. The minimum absolute atomic E-state index is 0.276. The summed E-state index contributed by atoms with van der Waals surface area (Å²) >= 11 is 0. The highest BCUT2D eigenvalue weighted by Crippen LogP contribution is 2.27. The summed E-state index contributed by atoms with van der Waals surface area (Å²) in [6.45, 7) is 5.55. The van der Waals surface area contributed by atoms with E-state index in [0.717, 1.165) is 11.1 Å². The topological polar surface area (TPSA) is 98.2 Å². The molecule has 0 fully saturated rings. The summed E-state index contributed by atoms with van der Waals surface area (Å²) in [5.74, 6) is 1.21. The smallest absolute Gasteiger partial charge is 0.262 e. The minimum atomic E-state index is -3.77. The second-order valence-electron chi connectivity index (χ2n) is 7.16. The Bertz CT molecular complexity index is 1270. The summed E-state index contributed by atoms with van der Waals surface area (Å²) in [5.41, 5.74) is 3.62. The predicted molar refractivity (Wildman–Crippen MR) is 113 cm³/mol. The molecule has 0 saturated carbocycles. The number of para-hydroxylation sites is 1. The Morgan fingerprint density at radius 1 is 1.00 bits per heavy atom. The van der Waals surface area contributed by atoms with E-state index < -0.39 is 10.0 Å².